The second-order valence-electron chi connectivity index (χ2n) is 4.01. The Morgan fingerprint density at radius 1 is 1.00 bits per heavy atom. The SMILES string of the molecule is C.F[B-](F)(F)F.O=S(=O)(O)[N+]12CCN(CC1)CC2. The zero-order valence-electron chi connectivity index (χ0n) is 8.90. The average molecular weight is 296 g/mol. The van der Waals surface area contributed by atoms with Crippen molar-refractivity contribution in [2.45, 2.75) is 7.43 Å². The van der Waals surface area contributed by atoms with Gasteiger partial charge in [0.2, 0.25) is 0 Å². The third kappa shape index (κ3) is 4.71. The van der Waals surface area contributed by atoms with E-state index in [1.165, 1.54) is 0 Å². The van der Waals surface area contributed by atoms with Crippen molar-refractivity contribution < 1.29 is 34.1 Å². The Morgan fingerprint density at radius 3 is 1.44 bits per heavy atom. The number of quaternary nitrogens is 1. The van der Waals surface area contributed by atoms with Crippen molar-refractivity contribution in [2.24, 2.45) is 0 Å². The van der Waals surface area contributed by atoms with E-state index >= 15 is 0 Å². The van der Waals surface area contributed by atoms with E-state index in [0.29, 0.717) is 19.6 Å². The molecule has 0 aliphatic carbocycles. The predicted octanol–water partition coefficient (Wildman–Crippen LogP) is 0.871. The molecule has 5 nitrogen and oxygen atoms in total. The normalized spacial score (nSPS) is 31.1. The highest BCUT2D eigenvalue weighted by Gasteiger charge is 2.47. The third-order valence-electron chi connectivity index (χ3n) is 2.96. The highest BCUT2D eigenvalue weighted by Crippen LogP contribution is 2.23. The zero-order chi connectivity index (χ0) is 13.3. The molecule has 0 aromatic heterocycles. The number of fused-ring (bicyclic) bond motifs is 3. The molecule has 0 amide bonds. The highest BCUT2D eigenvalue weighted by atomic mass is 32.2. The van der Waals surface area contributed by atoms with E-state index in [-0.39, 0.29) is 11.3 Å². The Morgan fingerprint density at radius 2 is 1.28 bits per heavy atom. The first-order valence-electron chi connectivity index (χ1n) is 4.97. The summed E-state index contributed by atoms with van der Waals surface area (Å²) in [5.74, 6) is 0. The molecule has 0 spiro atoms. The molecule has 3 heterocycles. The van der Waals surface area contributed by atoms with Gasteiger partial charge in [0.15, 0.2) is 0 Å². The molecule has 0 aromatic rings. The summed E-state index contributed by atoms with van der Waals surface area (Å²) in [6, 6.07) is 0. The lowest BCUT2D eigenvalue weighted by atomic mass is 10.2. The monoisotopic (exact) mass is 296 g/mol. The zero-order valence-corrected chi connectivity index (χ0v) is 9.71. The summed E-state index contributed by atoms with van der Waals surface area (Å²) in [6.45, 7) is 4.00. The van der Waals surface area contributed by atoms with Crippen molar-refractivity contribution in [1.82, 2.24) is 4.90 Å². The van der Waals surface area contributed by atoms with Crippen molar-refractivity contribution in [2.75, 3.05) is 39.3 Å². The smallest absolute Gasteiger partial charge is 0.418 e. The van der Waals surface area contributed by atoms with E-state index in [4.69, 9.17) is 4.55 Å². The van der Waals surface area contributed by atoms with Crippen molar-refractivity contribution in [3.8, 4) is 0 Å². The molecular weight excluding hydrogens is 279 g/mol. The van der Waals surface area contributed by atoms with Crippen molar-refractivity contribution >= 4 is 17.6 Å². The number of hydrogen-bond donors (Lipinski definition) is 1. The third-order valence-corrected chi connectivity index (χ3v) is 4.49. The van der Waals surface area contributed by atoms with Crippen LogP contribution >= 0.6 is 0 Å². The van der Waals surface area contributed by atoms with Gasteiger partial charge >= 0.3 is 17.6 Å². The van der Waals surface area contributed by atoms with Crippen molar-refractivity contribution in [1.29, 1.82) is 0 Å². The van der Waals surface area contributed by atoms with E-state index in [2.05, 4.69) is 4.90 Å². The lowest BCUT2D eigenvalue weighted by Gasteiger charge is -2.46. The summed E-state index contributed by atoms with van der Waals surface area (Å²) in [6.07, 6.45) is 0. The van der Waals surface area contributed by atoms with Gasteiger partial charge in [0.1, 0.15) is 19.6 Å². The van der Waals surface area contributed by atoms with Gasteiger partial charge < -0.3 is 17.3 Å². The van der Waals surface area contributed by atoms with E-state index < -0.39 is 17.6 Å². The Kier molecular flexibility index (Phi) is 5.60. The summed E-state index contributed by atoms with van der Waals surface area (Å²) in [7, 11) is -9.89. The number of halogens is 4. The van der Waals surface area contributed by atoms with Crippen LogP contribution in [0.15, 0.2) is 0 Å². The summed E-state index contributed by atoms with van der Waals surface area (Å²) in [5.41, 5.74) is 0. The van der Waals surface area contributed by atoms with Crippen LogP contribution in [0.25, 0.3) is 0 Å². The van der Waals surface area contributed by atoms with Crippen LogP contribution < -0.4 is 0 Å². The molecule has 0 saturated carbocycles. The largest absolute Gasteiger partial charge is 0.673 e. The molecular formula is C7H17BF4N2O3S. The van der Waals surface area contributed by atoms with Crippen LogP contribution in [0.3, 0.4) is 0 Å². The first-order valence-corrected chi connectivity index (χ1v) is 6.37. The van der Waals surface area contributed by atoms with Gasteiger partial charge in [0.05, 0.1) is 0 Å². The van der Waals surface area contributed by atoms with Crippen LogP contribution in [-0.4, -0.2) is 68.3 Å². The maximum Gasteiger partial charge on any atom is 0.673 e. The summed E-state index contributed by atoms with van der Waals surface area (Å²) >= 11 is 0. The fraction of sp³-hybridized carbons (Fsp3) is 1.00. The van der Waals surface area contributed by atoms with Gasteiger partial charge in [-0.1, -0.05) is 7.43 Å². The van der Waals surface area contributed by atoms with Crippen LogP contribution in [-0.2, 0) is 10.3 Å². The Hall–Kier alpha value is -0.385. The van der Waals surface area contributed by atoms with E-state index in [1.54, 1.807) is 0 Å². The topological polar surface area (TPSA) is 57.6 Å². The molecule has 0 radical (unpaired) electrons. The predicted molar refractivity (Wildman–Crippen MR) is 59.8 cm³/mol. The van der Waals surface area contributed by atoms with E-state index in [9.17, 15) is 25.7 Å². The minimum absolute atomic E-state index is 0. The molecule has 3 fully saturated rings. The van der Waals surface area contributed by atoms with Gasteiger partial charge in [-0.05, 0) is 0 Å². The van der Waals surface area contributed by atoms with Gasteiger partial charge in [-0.3, -0.25) is 4.90 Å². The van der Waals surface area contributed by atoms with Crippen LogP contribution in [0.4, 0.5) is 17.3 Å². The molecule has 18 heavy (non-hydrogen) atoms. The van der Waals surface area contributed by atoms with Gasteiger partial charge in [-0.15, -0.1) is 8.42 Å². The Bertz CT molecular complexity index is 348. The minimum Gasteiger partial charge on any atom is -0.418 e. The van der Waals surface area contributed by atoms with Gasteiger partial charge in [-0.2, -0.15) is 3.89 Å². The lowest BCUT2D eigenvalue weighted by Crippen LogP contribution is -2.69. The number of piperazine rings is 3. The number of nitrogens with zero attached hydrogens (tertiary/aromatic N) is 2. The standard InChI is InChI=1S/C6H12N2O3S.CH4.BF4/c9-12(10,11)8-4-1-7(2-5-8)3-6-8;;2-1(3,4)5/h1-6H2;1H4;/q;;-1/p+1. The molecule has 3 aliphatic heterocycles. The van der Waals surface area contributed by atoms with Crippen molar-refractivity contribution in [3.05, 3.63) is 0 Å². The second kappa shape index (κ2) is 5.72. The maximum atomic E-state index is 11.1. The molecule has 3 rings (SSSR count). The van der Waals surface area contributed by atoms with Gasteiger partial charge in [-0.25, -0.2) is 4.55 Å². The Labute approximate surface area is 104 Å². The molecule has 0 aromatic carbocycles. The van der Waals surface area contributed by atoms with Crippen LogP contribution in [0.5, 0.6) is 0 Å². The van der Waals surface area contributed by atoms with Crippen LogP contribution in [0, 0.1) is 0 Å². The second-order valence-corrected chi connectivity index (χ2v) is 5.68. The molecule has 0 unspecified atom stereocenters. The highest BCUT2D eigenvalue weighted by molar-refractivity contribution is 7.80. The maximum absolute atomic E-state index is 11.1. The molecule has 3 saturated heterocycles. The molecule has 2 bridgehead atoms. The number of rotatable bonds is 1. The van der Waals surface area contributed by atoms with Crippen molar-refractivity contribution in [3.63, 3.8) is 0 Å². The fourth-order valence-electron chi connectivity index (χ4n) is 1.99. The first-order chi connectivity index (χ1) is 7.54. The summed E-state index contributed by atoms with van der Waals surface area (Å²) in [5, 5.41) is 0. The number of hydrogen-bond acceptors (Lipinski definition) is 3. The molecule has 110 valence electrons. The molecule has 11 heteroatoms. The summed E-state index contributed by atoms with van der Waals surface area (Å²) in [4.78, 5) is 2.23. The van der Waals surface area contributed by atoms with Crippen LogP contribution in [0.1, 0.15) is 7.43 Å². The average Bonchev–Trinajstić information content (AvgIpc) is 2.16. The fourth-order valence-corrected chi connectivity index (χ4v) is 2.93. The molecule has 0 atom stereocenters. The minimum atomic E-state index is -6.00. The van der Waals surface area contributed by atoms with Gasteiger partial charge in [0, 0.05) is 19.6 Å². The molecule has 1 N–H and O–H groups in total. The quantitative estimate of drug-likeness (QED) is 0.338. The van der Waals surface area contributed by atoms with E-state index in [0.717, 1.165) is 19.6 Å². The lowest BCUT2D eigenvalue weighted by molar-refractivity contribution is -0.827. The molecule has 3 aliphatic rings. The first kappa shape index (κ1) is 17.6. The van der Waals surface area contributed by atoms with Gasteiger partial charge in [0.25, 0.3) is 0 Å². The van der Waals surface area contributed by atoms with Crippen LogP contribution in [0.2, 0.25) is 0 Å². The van der Waals surface area contributed by atoms with E-state index in [1.807, 2.05) is 0 Å². The summed E-state index contributed by atoms with van der Waals surface area (Å²) < 4.78 is 70.1. The Balaban J connectivity index is 0.000000421.